The summed E-state index contributed by atoms with van der Waals surface area (Å²) in [4.78, 5) is 40.1. The first-order chi connectivity index (χ1) is 21.9. The van der Waals surface area contributed by atoms with Crippen LogP contribution in [0.1, 0.15) is 25.0 Å². The van der Waals surface area contributed by atoms with E-state index in [4.69, 9.17) is 23.2 Å². The van der Waals surface area contributed by atoms with E-state index in [2.05, 4.69) is 5.32 Å². The molecule has 1 atom stereocenters. The molecule has 0 spiro atoms. The Morgan fingerprint density at radius 1 is 0.848 bits per heavy atom. The summed E-state index contributed by atoms with van der Waals surface area (Å²) in [5, 5.41) is 14.7. The van der Waals surface area contributed by atoms with Gasteiger partial charge < -0.3 is 10.2 Å². The molecule has 2 amide bonds. The average Bonchev–Trinajstić information content (AvgIpc) is 3.03. The van der Waals surface area contributed by atoms with Gasteiger partial charge in [0.2, 0.25) is 11.8 Å². The predicted octanol–water partition coefficient (Wildman–Crippen LogP) is 6.26. The first-order valence-corrected chi connectivity index (χ1v) is 16.5. The summed E-state index contributed by atoms with van der Waals surface area (Å²) in [7, 11) is -4.37. The highest BCUT2D eigenvalue weighted by Gasteiger charge is 2.35. The van der Waals surface area contributed by atoms with Crippen molar-refractivity contribution in [3.63, 3.8) is 0 Å². The molecule has 0 heterocycles. The lowest BCUT2D eigenvalue weighted by atomic mass is 10.0. The van der Waals surface area contributed by atoms with E-state index in [0.717, 1.165) is 22.0 Å². The molecule has 0 fully saturated rings. The van der Waals surface area contributed by atoms with Gasteiger partial charge in [0.15, 0.2) is 0 Å². The van der Waals surface area contributed by atoms with Gasteiger partial charge >= 0.3 is 0 Å². The van der Waals surface area contributed by atoms with Crippen molar-refractivity contribution in [1.82, 2.24) is 10.2 Å². The molecule has 0 unspecified atom stereocenters. The molecule has 1 N–H and O–H groups in total. The Morgan fingerprint density at radius 3 is 1.96 bits per heavy atom. The van der Waals surface area contributed by atoms with Crippen LogP contribution in [0.5, 0.6) is 0 Å². The van der Waals surface area contributed by atoms with E-state index in [1.54, 1.807) is 50.2 Å². The molecule has 4 rings (SSSR count). The minimum Gasteiger partial charge on any atom is -0.352 e. The van der Waals surface area contributed by atoms with Gasteiger partial charge in [-0.2, -0.15) is 0 Å². The van der Waals surface area contributed by atoms with Crippen LogP contribution in [-0.4, -0.2) is 48.7 Å². The van der Waals surface area contributed by atoms with Crippen molar-refractivity contribution in [2.24, 2.45) is 0 Å². The molecule has 46 heavy (non-hydrogen) atoms. The molecule has 0 saturated carbocycles. The third-order valence-corrected chi connectivity index (χ3v) is 9.55. The molecular weight excluding hydrogens is 651 g/mol. The van der Waals surface area contributed by atoms with Crippen molar-refractivity contribution in [2.45, 2.75) is 43.8 Å². The highest BCUT2D eigenvalue weighted by Crippen LogP contribution is 2.29. The Bertz CT molecular complexity index is 1770. The van der Waals surface area contributed by atoms with Crippen LogP contribution in [0.2, 0.25) is 10.0 Å². The number of non-ortho nitro benzene ring substituents is 1. The standard InChI is InChI=1S/C33H32Cl2N4O6S/c1-23(2)36-33(41)31(20-24-10-5-3-6-11-24)37(21-28-29(34)14-9-15-30(28)35)32(40)22-38(25-16-18-26(19-17-25)39(42)43)46(44,45)27-12-7-4-8-13-27/h3-19,23,31H,20-22H2,1-2H3,(H,36,41)/t31-/m1/s1. The minimum atomic E-state index is -4.37. The maximum atomic E-state index is 14.5. The lowest BCUT2D eigenvalue weighted by Crippen LogP contribution is -2.54. The molecular formula is C33H32Cl2N4O6S. The average molecular weight is 684 g/mol. The first kappa shape index (κ1) is 34.4. The summed E-state index contributed by atoms with van der Waals surface area (Å²) >= 11 is 13.0. The topological polar surface area (TPSA) is 130 Å². The van der Waals surface area contributed by atoms with E-state index < -0.39 is 39.3 Å². The number of hydrogen-bond acceptors (Lipinski definition) is 6. The van der Waals surface area contributed by atoms with E-state index in [9.17, 15) is 28.1 Å². The first-order valence-electron chi connectivity index (χ1n) is 14.3. The third-order valence-electron chi connectivity index (χ3n) is 7.05. The molecule has 4 aromatic carbocycles. The number of halogens is 2. The predicted molar refractivity (Wildman–Crippen MR) is 178 cm³/mol. The van der Waals surface area contributed by atoms with Gasteiger partial charge in [-0.15, -0.1) is 0 Å². The maximum Gasteiger partial charge on any atom is 0.269 e. The highest BCUT2D eigenvalue weighted by atomic mass is 35.5. The summed E-state index contributed by atoms with van der Waals surface area (Å²) < 4.78 is 28.9. The van der Waals surface area contributed by atoms with Crippen LogP contribution in [0.4, 0.5) is 11.4 Å². The number of carbonyl (C=O) groups is 2. The number of nitro benzene ring substituents is 1. The number of nitro groups is 1. The molecule has 10 nitrogen and oxygen atoms in total. The molecule has 0 aliphatic carbocycles. The monoisotopic (exact) mass is 682 g/mol. The second-order valence-corrected chi connectivity index (χ2v) is 13.4. The molecule has 0 radical (unpaired) electrons. The lowest BCUT2D eigenvalue weighted by Gasteiger charge is -2.34. The second-order valence-electron chi connectivity index (χ2n) is 10.7. The molecule has 13 heteroatoms. The number of sulfonamides is 1. The Morgan fingerprint density at radius 2 is 1.41 bits per heavy atom. The Hall–Kier alpha value is -4.45. The van der Waals surface area contributed by atoms with E-state index in [-0.39, 0.29) is 45.3 Å². The zero-order chi connectivity index (χ0) is 33.4. The van der Waals surface area contributed by atoms with Crippen molar-refractivity contribution in [2.75, 3.05) is 10.8 Å². The lowest BCUT2D eigenvalue weighted by molar-refractivity contribution is -0.384. The summed E-state index contributed by atoms with van der Waals surface area (Å²) in [5.74, 6) is -1.18. The van der Waals surface area contributed by atoms with E-state index in [1.165, 1.54) is 29.2 Å². The fourth-order valence-corrected chi connectivity index (χ4v) is 6.73. The van der Waals surface area contributed by atoms with Crippen molar-refractivity contribution >= 4 is 56.4 Å². The van der Waals surface area contributed by atoms with E-state index >= 15 is 0 Å². The number of anilines is 1. The van der Waals surface area contributed by atoms with E-state index in [1.807, 2.05) is 30.3 Å². The van der Waals surface area contributed by atoms with Crippen LogP contribution in [0.25, 0.3) is 0 Å². The van der Waals surface area contributed by atoms with Crippen molar-refractivity contribution in [3.8, 4) is 0 Å². The largest absolute Gasteiger partial charge is 0.352 e. The third kappa shape index (κ3) is 8.42. The maximum absolute atomic E-state index is 14.5. The zero-order valence-electron chi connectivity index (χ0n) is 25.0. The Balaban J connectivity index is 1.84. The minimum absolute atomic E-state index is 0.0183. The Kier molecular flexibility index (Phi) is 11.4. The van der Waals surface area contributed by atoms with Crippen LogP contribution in [-0.2, 0) is 32.6 Å². The molecule has 4 aromatic rings. The number of amides is 2. The van der Waals surface area contributed by atoms with E-state index in [0.29, 0.717) is 5.56 Å². The smallest absolute Gasteiger partial charge is 0.269 e. The SMILES string of the molecule is CC(C)NC(=O)[C@@H](Cc1ccccc1)N(Cc1c(Cl)cccc1Cl)C(=O)CN(c1ccc([N+](=O)[O-])cc1)S(=O)(=O)c1ccccc1. The summed E-state index contributed by atoms with van der Waals surface area (Å²) in [5.41, 5.74) is 0.904. The molecule has 0 aliphatic heterocycles. The number of nitrogens with one attached hydrogen (secondary N) is 1. The molecule has 240 valence electrons. The van der Waals surface area contributed by atoms with Crippen molar-refractivity contribution in [3.05, 3.63) is 134 Å². The number of carbonyl (C=O) groups excluding carboxylic acids is 2. The van der Waals surface area contributed by atoms with Crippen LogP contribution < -0.4 is 9.62 Å². The molecule has 0 aliphatic rings. The second kappa shape index (κ2) is 15.2. The molecule has 0 saturated heterocycles. The van der Waals surface area contributed by atoms with Gasteiger partial charge in [-0.25, -0.2) is 8.42 Å². The number of rotatable bonds is 13. The van der Waals surface area contributed by atoms with Gasteiger partial charge in [-0.05, 0) is 55.8 Å². The summed E-state index contributed by atoms with van der Waals surface area (Å²) in [6, 6.07) is 24.9. The van der Waals surface area contributed by atoms with Gasteiger partial charge in [0.05, 0.1) is 15.5 Å². The van der Waals surface area contributed by atoms with Crippen LogP contribution >= 0.6 is 23.2 Å². The van der Waals surface area contributed by atoms with Gasteiger partial charge in [0.1, 0.15) is 12.6 Å². The molecule has 0 aromatic heterocycles. The highest BCUT2D eigenvalue weighted by molar-refractivity contribution is 7.92. The quantitative estimate of drug-likeness (QED) is 0.131. The van der Waals surface area contributed by atoms with Crippen molar-refractivity contribution in [1.29, 1.82) is 0 Å². The van der Waals surface area contributed by atoms with Gasteiger partial charge in [0, 0.05) is 46.7 Å². The Labute approximate surface area is 277 Å². The van der Waals surface area contributed by atoms with Crippen LogP contribution in [0.3, 0.4) is 0 Å². The number of benzene rings is 4. The van der Waals surface area contributed by atoms with Gasteiger partial charge in [-0.3, -0.25) is 24.0 Å². The number of hydrogen-bond donors (Lipinski definition) is 1. The summed E-state index contributed by atoms with van der Waals surface area (Å²) in [6.07, 6.45) is 0.107. The van der Waals surface area contributed by atoms with Crippen LogP contribution in [0, 0.1) is 10.1 Å². The fourth-order valence-electron chi connectivity index (χ4n) is 4.78. The summed E-state index contributed by atoms with van der Waals surface area (Å²) in [6.45, 7) is 2.63. The van der Waals surface area contributed by atoms with Crippen molar-refractivity contribution < 1.29 is 22.9 Å². The fraction of sp³-hybridized carbons (Fsp3) is 0.212. The van der Waals surface area contributed by atoms with Crippen LogP contribution in [0.15, 0.2) is 108 Å². The normalized spacial score (nSPS) is 11.9. The number of nitrogens with zero attached hydrogens (tertiary/aromatic N) is 3. The van der Waals surface area contributed by atoms with Gasteiger partial charge in [-0.1, -0.05) is 77.8 Å². The van der Waals surface area contributed by atoms with Gasteiger partial charge in [0.25, 0.3) is 15.7 Å². The molecule has 0 bridgehead atoms. The zero-order valence-corrected chi connectivity index (χ0v) is 27.4.